The van der Waals surface area contributed by atoms with E-state index in [-0.39, 0.29) is 10.8 Å². The summed E-state index contributed by atoms with van der Waals surface area (Å²) < 4.78 is 60.9. The van der Waals surface area contributed by atoms with Crippen molar-refractivity contribution in [2.75, 3.05) is 42.3 Å². The zero-order chi connectivity index (χ0) is 30.1. The van der Waals surface area contributed by atoms with Crippen LogP contribution in [0.25, 0.3) is 0 Å². The Morgan fingerprint density at radius 3 is 2.08 bits per heavy atom. The van der Waals surface area contributed by atoms with Gasteiger partial charge in [-0.15, -0.1) is 0 Å². The SMILES string of the molecule is CC(C)CNC(=O)c1ccc(N2CCNCC2)c(NS(=O)(=O)c2ccc(CC(C)C)cc2)c1.O=C(O)C(F)(F)F. The predicted octanol–water partition coefficient (Wildman–Crippen LogP) is 4.11. The largest absolute Gasteiger partial charge is 0.490 e. The zero-order valence-electron chi connectivity index (χ0n) is 23.0. The number of benzene rings is 2. The average Bonchev–Trinajstić information content (AvgIpc) is 2.87. The van der Waals surface area contributed by atoms with Crippen molar-refractivity contribution in [2.24, 2.45) is 11.8 Å². The molecular formula is C27H37F3N4O5S. The Bertz CT molecular complexity index is 1240. The van der Waals surface area contributed by atoms with E-state index >= 15 is 0 Å². The molecule has 0 bridgehead atoms. The van der Waals surface area contributed by atoms with Crippen LogP contribution in [0.4, 0.5) is 24.5 Å². The first-order valence-electron chi connectivity index (χ1n) is 12.9. The lowest BCUT2D eigenvalue weighted by Crippen LogP contribution is -2.43. The van der Waals surface area contributed by atoms with Crippen molar-refractivity contribution in [1.82, 2.24) is 10.6 Å². The Balaban J connectivity index is 0.000000708. The van der Waals surface area contributed by atoms with E-state index in [0.29, 0.717) is 29.6 Å². The lowest BCUT2D eigenvalue weighted by Gasteiger charge is -2.31. The Hall–Kier alpha value is -3.32. The Labute approximate surface area is 233 Å². The van der Waals surface area contributed by atoms with Gasteiger partial charge in [-0.25, -0.2) is 13.2 Å². The molecule has 2 aromatic rings. The number of hydrogen-bond acceptors (Lipinski definition) is 6. The van der Waals surface area contributed by atoms with Crippen molar-refractivity contribution < 1.29 is 36.3 Å². The third-order valence-electron chi connectivity index (χ3n) is 5.75. The summed E-state index contributed by atoms with van der Waals surface area (Å²) in [4.78, 5) is 23.9. The Kier molecular flexibility index (Phi) is 11.8. The van der Waals surface area contributed by atoms with Gasteiger partial charge < -0.3 is 20.6 Å². The third-order valence-corrected chi connectivity index (χ3v) is 7.13. The second-order valence-corrected chi connectivity index (χ2v) is 11.9. The lowest BCUT2D eigenvalue weighted by atomic mass is 10.0. The first-order valence-corrected chi connectivity index (χ1v) is 14.4. The molecule has 1 fully saturated rings. The van der Waals surface area contributed by atoms with Gasteiger partial charge in [0.15, 0.2) is 0 Å². The first kappa shape index (κ1) is 32.9. The Morgan fingerprint density at radius 2 is 1.57 bits per heavy atom. The van der Waals surface area contributed by atoms with Crippen LogP contribution < -0.4 is 20.3 Å². The normalized spacial score (nSPS) is 14.0. The van der Waals surface area contributed by atoms with Gasteiger partial charge in [0.25, 0.3) is 15.9 Å². The van der Waals surface area contributed by atoms with Crippen LogP contribution in [0, 0.1) is 11.8 Å². The van der Waals surface area contributed by atoms with Gasteiger partial charge >= 0.3 is 12.1 Å². The van der Waals surface area contributed by atoms with E-state index in [0.717, 1.165) is 43.9 Å². The molecule has 1 aliphatic rings. The van der Waals surface area contributed by atoms with Gasteiger partial charge in [-0.3, -0.25) is 9.52 Å². The van der Waals surface area contributed by atoms with E-state index in [1.165, 1.54) is 0 Å². The maximum absolute atomic E-state index is 13.2. The lowest BCUT2D eigenvalue weighted by molar-refractivity contribution is -0.192. The second-order valence-electron chi connectivity index (χ2n) is 10.2. The number of piperazine rings is 1. The monoisotopic (exact) mass is 586 g/mol. The first-order chi connectivity index (χ1) is 18.6. The highest BCUT2D eigenvalue weighted by Crippen LogP contribution is 2.30. The minimum Gasteiger partial charge on any atom is -0.475 e. The number of sulfonamides is 1. The summed E-state index contributed by atoms with van der Waals surface area (Å²) in [6.45, 7) is 12.0. The quantitative estimate of drug-likeness (QED) is 0.348. The number of nitrogens with zero attached hydrogens (tertiary/aromatic N) is 1. The minimum atomic E-state index is -5.08. The molecule has 0 radical (unpaired) electrons. The van der Waals surface area contributed by atoms with Crippen LogP contribution >= 0.6 is 0 Å². The van der Waals surface area contributed by atoms with Crippen molar-refractivity contribution in [3.05, 3.63) is 53.6 Å². The molecule has 0 unspecified atom stereocenters. The van der Waals surface area contributed by atoms with Crippen LogP contribution in [-0.2, 0) is 21.2 Å². The molecule has 1 saturated heterocycles. The number of carbonyl (C=O) groups is 2. The highest BCUT2D eigenvalue weighted by atomic mass is 32.2. The number of alkyl halides is 3. The van der Waals surface area contributed by atoms with Crippen LogP contribution in [0.5, 0.6) is 0 Å². The smallest absolute Gasteiger partial charge is 0.475 e. The summed E-state index contributed by atoms with van der Waals surface area (Å²) in [6.07, 6.45) is -4.19. The molecule has 9 nitrogen and oxygen atoms in total. The van der Waals surface area contributed by atoms with Gasteiger partial charge in [0.1, 0.15) is 0 Å². The molecular weight excluding hydrogens is 549 g/mol. The van der Waals surface area contributed by atoms with Crippen molar-refractivity contribution in [1.29, 1.82) is 0 Å². The molecule has 13 heteroatoms. The number of amides is 1. The third kappa shape index (κ3) is 10.3. The number of halogens is 3. The van der Waals surface area contributed by atoms with Gasteiger partial charge in [0.2, 0.25) is 0 Å². The van der Waals surface area contributed by atoms with Crippen molar-refractivity contribution in [2.45, 2.75) is 45.2 Å². The standard InChI is InChI=1S/C25H36N4O3S.C2HF3O2/c1-18(2)15-20-5-8-22(9-6-20)33(31,32)28-23-16-21(25(30)27-17-19(3)4)7-10-24(23)29-13-11-26-12-14-29;3-2(4,5)1(6)7/h5-10,16,18-19,26,28H,11-15,17H2,1-4H3,(H,27,30);(H,6,7). The molecule has 1 aliphatic heterocycles. The topological polar surface area (TPSA) is 128 Å². The van der Waals surface area contributed by atoms with Gasteiger partial charge in [-0.1, -0.05) is 39.8 Å². The number of carboxylic acid groups (broad SMARTS) is 1. The summed E-state index contributed by atoms with van der Waals surface area (Å²) in [5.74, 6) is -2.15. The van der Waals surface area contributed by atoms with E-state index in [2.05, 4.69) is 34.1 Å². The average molecular weight is 587 g/mol. The molecule has 222 valence electrons. The van der Waals surface area contributed by atoms with Crippen LogP contribution in [0.15, 0.2) is 47.4 Å². The molecule has 3 rings (SSSR count). The molecule has 40 heavy (non-hydrogen) atoms. The fourth-order valence-corrected chi connectivity index (χ4v) is 4.88. The zero-order valence-corrected chi connectivity index (χ0v) is 23.8. The maximum Gasteiger partial charge on any atom is 0.490 e. The van der Waals surface area contributed by atoms with Gasteiger partial charge in [-0.2, -0.15) is 13.2 Å². The highest BCUT2D eigenvalue weighted by molar-refractivity contribution is 7.92. The fraction of sp³-hybridized carbons (Fsp3) is 0.481. The number of carboxylic acids is 1. The minimum absolute atomic E-state index is 0.205. The summed E-state index contributed by atoms with van der Waals surface area (Å²) in [6, 6.07) is 12.2. The number of aliphatic carboxylic acids is 1. The van der Waals surface area contributed by atoms with E-state index in [1.54, 1.807) is 24.3 Å². The molecule has 2 aromatic carbocycles. The summed E-state index contributed by atoms with van der Waals surface area (Å²) in [5, 5.41) is 13.3. The van der Waals surface area contributed by atoms with Gasteiger partial charge in [-0.05, 0) is 54.2 Å². The molecule has 0 aromatic heterocycles. The summed E-state index contributed by atoms with van der Waals surface area (Å²) in [7, 11) is -3.81. The molecule has 0 saturated carbocycles. The van der Waals surface area contributed by atoms with Crippen LogP contribution in [-0.4, -0.2) is 64.3 Å². The van der Waals surface area contributed by atoms with E-state index < -0.39 is 22.2 Å². The molecule has 1 amide bonds. The number of hydrogen-bond donors (Lipinski definition) is 4. The van der Waals surface area contributed by atoms with E-state index in [1.807, 2.05) is 32.0 Å². The maximum atomic E-state index is 13.2. The number of rotatable bonds is 9. The van der Waals surface area contributed by atoms with Gasteiger partial charge in [0.05, 0.1) is 16.3 Å². The fourth-order valence-electron chi connectivity index (χ4n) is 3.82. The summed E-state index contributed by atoms with van der Waals surface area (Å²) in [5.41, 5.74) is 2.73. The van der Waals surface area contributed by atoms with Crippen LogP contribution in [0.2, 0.25) is 0 Å². The highest BCUT2D eigenvalue weighted by Gasteiger charge is 2.38. The van der Waals surface area contributed by atoms with Crippen LogP contribution in [0.3, 0.4) is 0 Å². The van der Waals surface area contributed by atoms with Crippen molar-refractivity contribution in [3.8, 4) is 0 Å². The number of anilines is 2. The molecule has 0 atom stereocenters. The number of nitrogens with one attached hydrogen (secondary N) is 3. The second kappa shape index (κ2) is 14.4. The summed E-state index contributed by atoms with van der Waals surface area (Å²) >= 11 is 0. The van der Waals surface area contributed by atoms with Crippen molar-refractivity contribution >= 4 is 33.3 Å². The van der Waals surface area contributed by atoms with Gasteiger partial charge in [0, 0.05) is 38.3 Å². The molecule has 1 heterocycles. The predicted molar refractivity (Wildman–Crippen MR) is 148 cm³/mol. The van der Waals surface area contributed by atoms with Crippen LogP contribution in [0.1, 0.15) is 43.6 Å². The molecule has 0 spiro atoms. The Morgan fingerprint density at radius 1 is 1.00 bits per heavy atom. The molecule has 4 N–H and O–H groups in total. The van der Waals surface area contributed by atoms with E-state index in [9.17, 15) is 26.4 Å². The van der Waals surface area contributed by atoms with E-state index in [4.69, 9.17) is 9.90 Å². The number of carbonyl (C=O) groups excluding carboxylic acids is 1. The molecule has 0 aliphatic carbocycles. The van der Waals surface area contributed by atoms with Crippen molar-refractivity contribution in [3.63, 3.8) is 0 Å².